The molecule has 0 N–H and O–H groups in total. The third kappa shape index (κ3) is 8.51. The van der Waals surface area contributed by atoms with Crippen LogP contribution in [0.25, 0.3) is 0 Å². The quantitative estimate of drug-likeness (QED) is 0.241. The van der Waals surface area contributed by atoms with Crippen LogP contribution in [0.15, 0.2) is 13.6 Å². The summed E-state index contributed by atoms with van der Waals surface area (Å²) >= 11 is 8.44. The molecule has 0 aliphatic heterocycles. The summed E-state index contributed by atoms with van der Waals surface area (Å²) < 4.78 is 1.97. The summed E-state index contributed by atoms with van der Waals surface area (Å²) in [4.78, 5) is 12.1. The third-order valence-electron chi connectivity index (χ3n) is 3.71. The normalized spacial score (nSPS) is 11.0. The topological polar surface area (TPSA) is 17.1 Å². The van der Waals surface area contributed by atoms with E-state index in [1.807, 2.05) is 6.07 Å². The van der Waals surface area contributed by atoms with E-state index in [-0.39, 0.29) is 5.78 Å². The molecule has 0 atom stereocenters. The highest BCUT2D eigenvalue weighted by atomic mass is 79.9. The van der Waals surface area contributed by atoms with Crippen molar-refractivity contribution in [1.29, 1.82) is 0 Å². The number of hydrogen-bond acceptors (Lipinski definition) is 2. The van der Waals surface area contributed by atoms with Crippen molar-refractivity contribution in [3.63, 3.8) is 0 Å². The highest BCUT2D eigenvalue weighted by molar-refractivity contribution is 9.12. The molecule has 0 aliphatic carbocycles. The second-order valence-corrected chi connectivity index (χ2v) is 9.34. The Bertz CT molecular complexity index is 415. The molecule has 0 saturated carbocycles. The minimum absolute atomic E-state index is 0.267. The molecule has 0 amide bonds. The maximum atomic E-state index is 12.1. The first-order chi connectivity index (χ1) is 10.1. The Balaban J connectivity index is 1.99. The Morgan fingerprint density at radius 2 is 1.48 bits per heavy atom. The van der Waals surface area contributed by atoms with Crippen LogP contribution in [0.3, 0.4) is 0 Å². The summed E-state index contributed by atoms with van der Waals surface area (Å²) in [5.41, 5.74) is 0.836. The number of carbonyl (C=O) groups is 1. The fourth-order valence-corrected chi connectivity index (χ4v) is 5.29. The lowest BCUT2D eigenvalue weighted by atomic mass is 10.0. The first-order valence-electron chi connectivity index (χ1n) is 8.13. The number of thiophene rings is 1. The fraction of sp³-hybridized carbons (Fsp3) is 0.706. The SMILES string of the molecule is CCCCCCCCCCCCC(=O)c1cc(Br)sc1Br. The van der Waals surface area contributed by atoms with Crippen molar-refractivity contribution in [3.8, 4) is 0 Å². The van der Waals surface area contributed by atoms with E-state index in [0.717, 1.165) is 19.6 Å². The average molecular weight is 438 g/mol. The molecule has 0 saturated heterocycles. The van der Waals surface area contributed by atoms with Crippen LogP contribution in [-0.2, 0) is 0 Å². The van der Waals surface area contributed by atoms with E-state index in [1.165, 1.54) is 57.8 Å². The zero-order valence-corrected chi connectivity index (χ0v) is 16.9. The van der Waals surface area contributed by atoms with E-state index in [2.05, 4.69) is 38.8 Å². The highest BCUT2D eigenvalue weighted by Crippen LogP contribution is 2.32. The molecule has 0 aliphatic rings. The van der Waals surface area contributed by atoms with Gasteiger partial charge in [-0.3, -0.25) is 4.79 Å². The van der Waals surface area contributed by atoms with Crippen molar-refractivity contribution < 1.29 is 4.79 Å². The molecule has 0 unspecified atom stereocenters. The summed E-state index contributed by atoms with van der Waals surface area (Å²) in [5.74, 6) is 0.267. The molecule has 1 heterocycles. The third-order valence-corrected chi connectivity index (χ3v) is 6.05. The molecule has 1 aromatic heterocycles. The number of carbonyl (C=O) groups excluding carboxylic acids is 1. The standard InChI is InChI=1S/C17H26Br2OS/c1-2-3-4-5-6-7-8-9-10-11-12-15(20)14-13-16(18)21-17(14)19/h13H,2-12H2,1H3. The van der Waals surface area contributed by atoms with Crippen molar-refractivity contribution in [2.75, 3.05) is 0 Å². The van der Waals surface area contributed by atoms with Crippen molar-refractivity contribution in [3.05, 3.63) is 19.2 Å². The molecule has 120 valence electrons. The monoisotopic (exact) mass is 436 g/mol. The zero-order chi connectivity index (χ0) is 15.5. The second-order valence-electron chi connectivity index (χ2n) is 5.59. The summed E-state index contributed by atoms with van der Waals surface area (Å²) in [7, 11) is 0. The minimum Gasteiger partial charge on any atom is -0.294 e. The smallest absolute Gasteiger partial charge is 0.164 e. The number of hydrogen-bond donors (Lipinski definition) is 0. The van der Waals surface area contributed by atoms with Gasteiger partial charge in [0.05, 0.1) is 7.57 Å². The predicted molar refractivity (Wildman–Crippen MR) is 101 cm³/mol. The largest absolute Gasteiger partial charge is 0.294 e. The van der Waals surface area contributed by atoms with E-state index in [1.54, 1.807) is 11.3 Å². The van der Waals surface area contributed by atoms with Gasteiger partial charge in [-0.25, -0.2) is 0 Å². The Morgan fingerprint density at radius 1 is 0.952 bits per heavy atom. The summed E-state index contributed by atoms with van der Waals surface area (Å²) in [5, 5.41) is 0. The fourth-order valence-electron chi connectivity index (χ4n) is 2.44. The van der Waals surface area contributed by atoms with Crippen molar-refractivity contribution in [2.24, 2.45) is 0 Å². The van der Waals surface area contributed by atoms with Crippen molar-refractivity contribution in [2.45, 2.75) is 77.6 Å². The minimum atomic E-state index is 0.267. The Hall–Kier alpha value is 0.330. The highest BCUT2D eigenvalue weighted by Gasteiger charge is 2.12. The van der Waals surface area contributed by atoms with Gasteiger partial charge in [-0.2, -0.15) is 0 Å². The van der Waals surface area contributed by atoms with E-state index in [4.69, 9.17) is 0 Å². The van der Waals surface area contributed by atoms with Gasteiger partial charge in [-0.05, 0) is 44.3 Å². The van der Waals surface area contributed by atoms with Crippen LogP contribution in [-0.4, -0.2) is 5.78 Å². The Kier molecular flexibility index (Phi) is 10.9. The molecule has 1 rings (SSSR count). The number of Topliss-reactive ketones (excluding diaryl/α,β-unsaturated/α-hetero) is 1. The van der Waals surface area contributed by atoms with Gasteiger partial charge in [0.2, 0.25) is 0 Å². The maximum absolute atomic E-state index is 12.1. The number of rotatable bonds is 12. The summed E-state index contributed by atoms with van der Waals surface area (Å²) in [6, 6.07) is 1.92. The molecule has 1 nitrogen and oxygen atoms in total. The van der Waals surface area contributed by atoms with Gasteiger partial charge in [0.15, 0.2) is 5.78 Å². The number of unbranched alkanes of at least 4 members (excludes halogenated alkanes) is 9. The van der Waals surface area contributed by atoms with Gasteiger partial charge in [0.1, 0.15) is 0 Å². The van der Waals surface area contributed by atoms with E-state index in [0.29, 0.717) is 6.42 Å². The maximum Gasteiger partial charge on any atom is 0.164 e. The molecule has 0 aromatic carbocycles. The van der Waals surface area contributed by atoms with Gasteiger partial charge >= 0.3 is 0 Å². The van der Waals surface area contributed by atoms with Crippen LogP contribution < -0.4 is 0 Å². The molecule has 0 spiro atoms. The molecule has 1 aromatic rings. The molecular weight excluding hydrogens is 412 g/mol. The molecule has 0 radical (unpaired) electrons. The lowest BCUT2D eigenvalue weighted by molar-refractivity contribution is 0.0979. The summed E-state index contributed by atoms with van der Waals surface area (Å²) in [6.45, 7) is 2.26. The second kappa shape index (κ2) is 11.8. The van der Waals surface area contributed by atoms with Crippen LogP contribution in [0.2, 0.25) is 0 Å². The van der Waals surface area contributed by atoms with Crippen LogP contribution >= 0.6 is 43.2 Å². The van der Waals surface area contributed by atoms with Crippen LogP contribution in [0.5, 0.6) is 0 Å². The molecule has 0 bridgehead atoms. The predicted octanol–water partition coefficient (Wildman–Crippen LogP) is 7.77. The molecule has 21 heavy (non-hydrogen) atoms. The van der Waals surface area contributed by atoms with Crippen LogP contribution in [0.4, 0.5) is 0 Å². The Morgan fingerprint density at radius 3 is 1.95 bits per heavy atom. The van der Waals surface area contributed by atoms with Gasteiger partial charge in [-0.1, -0.05) is 64.7 Å². The molecule has 0 fully saturated rings. The molecular formula is C17H26Br2OS. The van der Waals surface area contributed by atoms with Gasteiger partial charge in [-0.15, -0.1) is 11.3 Å². The van der Waals surface area contributed by atoms with E-state index in [9.17, 15) is 4.79 Å². The zero-order valence-electron chi connectivity index (χ0n) is 12.9. The van der Waals surface area contributed by atoms with Crippen LogP contribution in [0.1, 0.15) is 87.9 Å². The lowest BCUT2D eigenvalue weighted by Crippen LogP contribution is -1.97. The van der Waals surface area contributed by atoms with E-state index >= 15 is 0 Å². The average Bonchev–Trinajstić information content (AvgIpc) is 2.79. The first kappa shape index (κ1) is 19.4. The van der Waals surface area contributed by atoms with E-state index < -0.39 is 0 Å². The van der Waals surface area contributed by atoms with Crippen LogP contribution in [0, 0.1) is 0 Å². The lowest BCUT2D eigenvalue weighted by Gasteiger charge is -2.02. The number of halogens is 2. The first-order valence-corrected chi connectivity index (χ1v) is 10.5. The van der Waals surface area contributed by atoms with Gasteiger partial charge in [0, 0.05) is 12.0 Å². The van der Waals surface area contributed by atoms with Crippen molar-refractivity contribution in [1.82, 2.24) is 0 Å². The van der Waals surface area contributed by atoms with Crippen molar-refractivity contribution >= 4 is 49.0 Å². The van der Waals surface area contributed by atoms with Gasteiger partial charge < -0.3 is 0 Å². The summed E-state index contributed by atoms with van der Waals surface area (Å²) in [6.07, 6.45) is 13.7. The van der Waals surface area contributed by atoms with Gasteiger partial charge in [0.25, 0.3) is 0 Å². The Labute approximate surface area is 150 Å². The molecule has 4 heteroatoms. The number of ketones is 1.